The standard InChI is InChI=1S/C21H20/c1-15-11-16(2)20-13-19(14-21(20)17(3)12-15)10-9-18-7-5-4-6-8-18/h4-14H,1-3H3/b10-9+. The molecule has 1 aromatic carbocycles. The summed E-state index contributed by atoms with van der Waals surface area (Å²) in [6.45, 7) is 6.55. The van der Waals surface area contributed by atoms with Crippen LogP contribution in [0.15, 0.2) is 54.6 Å². The third kappa shape index (κ3) is 2.90. The normalized spacial score (nSPS) is 11.4. The first-order valence-electron chi connectivity index (χ1n) is 7.38. The second-order valence-electron chi connectivity index (χ2n) is 5.76. The summed E-state index contributed by atoms with van der Waals surface area (Å²) in [5.74, 6) is 0. The number of fused-ring (bicyclic) bond motifs is 1. The van der Waals surface area contributed by atoms with Crippen molar-refractivity contribution in [3.05, 3.63) is 82.4 Å². The van der Waals surface area contributed by atoms with Gasteiger partial charge in [-0.3, -0.25) is 0 Å². The molecule has 1 aromatic rings. The van der Waals surface area contributed by atoms with E-state index in [4.69, 9.17) is 0 Å². The first kappa shape index (κ1) is 13.6. The molecule has 3 rings (SSSR count). The van der Waals surface area contributed by atoms with Crippen molar-refractivity contribution in [1.29, 1.82) is 0 Å². The molecule has 0 bridgehead atoms. The van der Waals surface area contributed by atoms with E-state index in [0.717, 1.165) is 0 Å². The number of hydrogen-bond acceptors (Lipinski definition) is 0. The molecule has 0 saturated carbocycles. The topological polar surface area (TPSA) is 0 Å². The number of hydrogen-bond donors (Lipinski definition) is 0. The maximum atomic E-state index is 2.29. The molecule has 0 unspecified atom stereocenters. The van der Waals surface area contributed by atoms with E-state index in [-0.39, 0.29) is 0 Å². The van der Waals surface area contributed by atoms with Crippen molar-refractivity contribution in [2.75, 3.05) is 0 Å². The Morgan fingerprint density at radius 2 is 1.14 bits per heavy atom. The Balaban J connectivity index is 2.04. The van der Waals surface area contributed by atoms with Crippen LogP contribution in [0.4, 0.5) is 0 Å². The summed E-state index contributed by atoms with van der Waals surface area (Å²) < 4.78 is 0. The molecule has 0 spiro atoms. The van der Waals surface area contributed by atoms with Crippen molar-refractivity contribution in [3.63, 3.8) is 0 Å². The summed E-state index contributed by atoms with van der Waals surface area (Å²) in [6.07, 6.45) is 4.37. The van der Waals surface area contributed by atoms with Gasteiger partial charge in [0.1, 0.15) is 0 Å². The first-order valence-corrected chi connectivity index (χ1v) is 7.38. The highest BCUT2D eigenvalue weighted by Gasteiger charge is 2.10. The molecular formula is C21H20. The number of aryl methyl sites for hydroxylation is 3. The van der Waals surface area contributed by atoms with E-state index in [1.807, 2.05) is 6.07 Å². The van der Waals surface area contributed by atoms with E-state index < -0.39 is 0 Å². The van der Waals surface area contributed by atoms with Gasteiger partial charge in [-0.1, -0.05) is 60.2 Å². The third-order valence-electron chi connectivity index (χ3n) is 3.92. The average molecular weight is 272 g/mol. The van der Waals surface area contributed by atoms with Gasteiger partial charge in [0.2, 0.25) is 0 Å². The van der Waals surface area contributed by atoms with Crippen LogP contribution in [0.1, 0.15) is 27.8 Å². The molecule has 0 heterocycles. The van der Waals surface area contributed by atoms with E-state index in [1.165, 1.54) is 38.9 Å². The molecule has 21 heavy (non-hydrogen) atoms. The monoisotopic (exact) mass is 272 g/mol. The molecule has 0 radical (unpaired) electrons. The molecule has 104 valence electrons. The highest BCUT2D eigenvalue weighted by molar-refractivity contribution is 5.81. The van der Waals surface area contributed by atoms with Gasteiger partial charge < -0.3 is 0 Å². The summed E-state index contributed by atoms with van der Waals surface area (Å²) in [5, 5.41) is 0. The lowest BCUT2D eigenvalue weighted by Gasteiger charge is -1.98. The fraction of sp³-hybridized carbons (Fsp3) is 0.143. The fourth-order valence-corrected chi connectivity index (χ4v) is 2.92. The zero-order chi connectivity index (χ0) is 14.8. The van der Waals surface area contributed by atoms with E-state index in [0.29, 0.717) is 0 Å². The minimum absolute atomic E-state index is 1.23. The molecule has 0 amide bonds. The minimum Gasteiger partial charge on any atom is -0.0622 e. The number of benzene rings is 1. The van der Waals surface area contributed by atoms with Gasteiger partial charge >= 0.3 is 0 Å². The van der Waals surface area contributed by atoms with Crippen LogP contribution in [0.3, 0.4) is 0 Å². The Bertz CT molecular complexity index is 724. The fourth-order valence-electron chi connectivity index (χ4n) is 2.92. The van der Waals surface area contributed by atoms with E-state index in [1.54, 1.807) is 0 Å². The Kier molecular flexibility index (Phi) is 3.62. The summed E-state index contributed by atoms with van der Waals surface area (Å²) in [5.41, 5.74) is 9.22. The molecule has 0 aromatic heterocycles. The second kappa shape index (κ2) is 5.57. The van der Waals surface area contributed by atoms with E-state index >= 15 is 0 Å². The smallest absolute Gasteiger partial charge is 0.0146 e. The molecule has 2 aliphatic carbocycles. The highest BCUT2D eigenvalue weighted by Crippen LogP contribution is 2.32. The van der Waals surface area contributed by atoms with Gasteiger partial charge in [-0.25, -0.2) is 0 Å². The Labute approximate surface area is 127 Å². The van der Waals surface area contributed by atoms with Crippen LogP contribution in [0.5, 0.6) is 0 Å². The third-order valence-corrected chi connectivity index (χ3v) is 3.92. The largest absolute Gasteiger partial charge is 0.0622 e. The van der Waals surface area contributed by atoms with E-state index in [9.17, 15) is 0 Å². The summed E-state index contributed by atoms with van der Waals surface area (Å²) >= 11 is 0. The van der Waals surface area contributed by atoms with Gasteiger partial charge in [0.05, 0.1) is 0 Å². The van der Waals surface area contributed by atoms with Crippen molar-refractivity contribution >= 4 is 12.2 Å². The maximum Gasteiger partial charge on any atom is -0.0146 e. The van der Waals surface area contributed by atoms with Crippen LogP contribution in [-0.4, -0.2) is 0 Å². The highest BCUT2D eigenvalue weighted by atomic mass is 14.1. The van der Waals surface area contributed by atoms with Gasteiger partial charge in [0.15, 0.2) is 0 Å². The molecule has 0 aliphatic heterocycles. The van der Waals surface area contributed by atoms with Crippen LogP contribution >= 0.6 is 0 Å². The van der Waals surface area contributed by atoms with Crippen LogP contribution < -0.4 is 0 Å². The average Bonchev–Trinajstić information content (AvgIpc) is 2.86. The molecule has 0 fully saturated rings. The van der Waals surface area contributed by atoms with Crippen LogP contribution in [0.25, 0.3) is 23.3 Å². The van der Waals surface area contributed by atoms with Crippen molar-refractivity contribution in [2.45, 2.75) is 20.8 Å². The van der Waals surface area contributed by atoms with Gasteiger partial charge in [-0.2, -0.15) is 0 Å². The van der Waals surface area contributed by atoms with Gasteiger partial charge in [-0.15, -0.1) is 0 Å². The van der Waals surface area contributed by atoms with Crippen molar-refractivity contribution in [2.24, 2.45) is 0 Å². The zero-order valence-electron chi connectivity index (χ0n) is 12.9. The second-order valence-corrected chi connectivity index (χ2v) is 5.76. The molecule has 0 saturated heterocycles. The van der Waals surface area contributed by atoms with Crippen molar-refractivity contribution in [3.8, 4) is 11.1 Å². The van der Waals surface area contributed by atoms with Gasteiger partial charge in [0.25, 0.3) is 0 Å². The molecule has 0 nitrogen and oxygen atoms in total. The predicted octanol–water partition coefficient (Wildman–Crippen LogP) is 5.89. The summed E-state index contributed by atoms with van der Waals surface area (Å²) in [6, 6.07) is 19.5. The lowest BCUT2D eigenvalue weighted by molar-refractivity contribution is 1.42. The Hall–Kier alpha value is -2.34. The molecule has 0 N–H and O–H groups in total. The van der Waals surface area contributed by atoms with Gasteiger partial charge in [-0.05, 0) is 66.3 Å². The Morgan fingerprint density at radius 3 is 1.71 bits per heavy atom. The van der Waals surface area contributed by atoms with Crippen molar-refractivity contribution in [1.82, 2.24) is 0 Å². The zero-order valence-corrected chi connectivity index (χ0v) is 12.9. The predicted molar refractivity (Wildman–Crippen MR) is 92.6 cm³/mol. The SMILES string of the molecule is Cc1cc(C)c2cc(/C=C/c3ccccc3)cc-2c(C)c1. The molecular weight excluding hydrogens is 252 g/mol. The maximum absolute atomic E-state index is 2.29. The number of rotatable bonds is 2. The molecule has 0 atom stereocenters. The van der Waals surface area contributed by atoms with Crippen LogP contribution in [-0.2, 0) is 0 Å². The summed E-state index contributed by atoms with van der Waals surface area (Å²) in [4.78, 5) is 0. The lowest BCUT2D eigenvalue weighted by atomic mass is 10.1. The summed E-state index contributed by atoms with van der Waals surface area (Å²) in [7, 11) is 0. The van der Waals surface area contributed by atoms with E-state index in [2.05, 4.69) is 81.5 Å². The molecule has 0 heteroatoms. The minimum atomic E-state index is 1.23. The van der Waals surface area contributed by atoms with Crippen LogP contribution in [0, 0.1) is 20.8 Å². The quantitative estimate of drug-likeness (QED) is 0.546. The van der Waals surface area contributed by atoms with Crippen LogP contribution in [0.2, 0.25) is 0 Å². The van der Waals surface area contributed by atoms with Crippen molar-refractivity contribution < 1.29 is 0 Å². The van der Waals surface area contributed by atoms with Gasteiger partial charge in [0, 0.05) is 0 Å². The Morgan fingerprint density at radius 1 is 0.619 bits per heavy atom. The lowest BCUT2D eigenvalue weighted by Crippen LogP contribution is -1.75. The molecule has 2 aliphatic rings. The first-order chi connectivity index (χ1) is 10.1.